The molecular formula is C13H18N2S. The predicted octanol–water partition coefficient (Wildman–Crippen LogP) is 3.54. The van der Waals surface area contributed by atoms with Gasteiger partial charge in [0.05, 0.1) is 5.69 Å². The Hall–Kier alpha value is -0.960. The standard InChI is InChI=1S/C13H18N2S/c1-3-10-5-4-6-13(2,7-10)8-11-9-14-12(16)15-11/h4-6,9H,3,7-8H2,1-2H3,(H2,14,15,16). The minimum Gasteiger partial charge on any atom is -0.340 e. The van der Waals surface area contributed by atoms with Crippen molar-refractivity contribution in [3.05, 3.63) is 35.7 Å². The molecule has 16 heavy (non-hydrogen) atoms. The van der Waals surface area contributed by atoms with E-state index in [9.17, 15) is 0 Å². The fourth-order valence-corrected chi connectivity index (χ4v) is 2.46. The topological polar surface area (TPSA) is 28.7 Å². The van der Waals surface area contributed by atoms with Crippen molar-refractivity contribution in [2.45, 2.75) is 38.3 Å². The van der Waals surface area contributed by atoms with Crippen molar-refractivity contribution in [2.75, 3.05) is 0 Å². The number of imidazole rings is 1. The molecule has 2 rings (SSSR count). The summed E-state index contributed by atoms with van der Waals surface area (Å²) < 4.78 is 0. The molecule has 1 N–H and O–H groups in total. The summed E-state index contributed by atoms with van der Waals surface area (Å²) in [5, 5.41) is 0.699. The van der Waals surface area contributed by atoms with Crippen LogP contribution in [0.4, 0.5) is 0 Å². The lowest BCUT2D eigenvalue weighted by Gasteiger charge is -2.28. The summed E-state index contributed by atoms with van der Waals surface area (Å²) in [7, 11) is 0. The number of allylic oxidation sites excluding steroid dienone is 4. The van der Waals surface area contributed by atoms with Gasteiger partial charge in [-0.3, -0.25) is 0 Å². The second-order valence-electron chi connectivity index (χ2n) is 4.76. The van der Waals surface area contributed by atoms with E-state index in [0.717, 1.165) is 25.0 Å². The van der Waals surface area contributed by atoms with E-state index in [2.05, 4.69) is 54.7 Å². The van der Waals surface area contributed by atoms with Crippen molar-refractivity contribution < 1.29 is 0 Å². The summed E-state index contributed by atoms with van der Waals surface area (Å²) in [6.45, 7) is 4.50. The Labute approximate surface area is 102 Å². The first kappa shape index (κ1) is 11.5. The van der Waals surface area contributed by atoms with Gasteiger partial charge in [-0.05, 0) is 18.3 Å². The molecule has 0 aromatic carbocycles. The van der Waals surface area contributed by atoms with E-state index in [1.54, 1.807) is 0 Å². The summed E-state index contributed by atoms with van der Waals surface area (Å²) in [5.74, 6) is 0. The number of aromatic amines is 1. The van der Waals surface area contributed by atoms with Crippen LogP contribution in [0, 0.1) is 5.41 Å². The van der Waals surface area contributed by atoms with E-state index in [4.69, 9.17) is 0 Å². The molecule has 1 unspecified atom stereocenters. The smallest absolute Gasteiger partial charge is 0.162 e. The second-order valence-corrected chi connectivity index (χ2v) is 5.18. The van der Waals surface area contributed by atoms with Crippen molar-refractivity contribution in [3.63, 3.8) is 0 Å². The van der Waals surface area contributed by atoms with Crippen LogP contribution in [-0.2, 0) is 6.42 Å². The molecule has 0 amide bonds. The van der Waals surface area contributed by atoms with E-state index in [1.807, 2.05) is 6.20 Å². The van der Waals surface area contributed by atoms with Gasteiger partial charge in [0.2, 0.25) is 0 Å². The summed E-state index contributed by atoms with van der Waals surface area (Å²) in [6, 6.07) is 0. The Bertz CT molecular complexity index is 431. The first-order chi connectivity index (χ1) is 7.61. The van der Waals surface area contributed by atoms with Crippen molar-refractivity contribution in [1.82, 2.24) is 9.97 Å². The SMILES string of the molecule is CCC1=CC=CC(C)(Cc2c[nH]c(S)n2)C1. The molecule has 1 aromatic heterocycles. The fraction of sp³-hybridized carbons (Fsp3) is 0.462. The molecule has 0 aliphatic heterocycles. The summed E-state index contributed by atoms with van der Waals surface area (Å²) in [4.78, 5) is 7.37. The fourth-order valence-electron chi connectivity index (χ4n) is 2.27. The molecule has 0 bridgehead atoms. The number of H-pyrrole nitrogens is 1. The van der Waals surface area contributed by atoms with Crippen LogP contribution in [0.25, 0.3) is 0 Å². The average molecular weight is 234 g/mol. The third-order valence-electron chi connectivity index (χ3n) is 3.12. The van der Waals surface area contributed by atoms with Gasteiger partial charge in [0.15, 0.2) is 5.16 Å². The number of aromatic nitrogens is 2. The first-order valence-corrected chi connectivity index (χ1v) is 6.16. The van der Waals surface area contributed by atoms with Crippen LogP contribution in [0.2, 0.25) is 0 Å². The molecule has 1 aromatic rings. The largest absolute Gasteiger partial charge is 0.340 e. The maximum Gasteiger partial charge on any atom is 0.162 e. The van der Waals surface area contributed by atoms with Crippen LogP contribution in [0.3, 0.4) is 0 Å². The van der Waals surface area contributed by atoms with Crippen LogP contribution < -0.4 is 0 Å². The van der Waals surface area contributed by atoms with Crippen LogP contribution in [0.15, 0.2) is 35.2 Å². The molecule has 0 saturated heterocycles. The maximum atomic E-state index is 4.36. The molecule has 1 heterocycles. The quantitative estimate of drug-likeness (QED) is 0.769. The number of nitrogens with one attached hydrogen (secondary N) is 1. The van der Waals surface area contributed by atoms with E-state index in [0.29, 0.717) is 5.16 Å². The predicted molar refractivity (Wildman–Crippen MR) is 69.8 cm³/mol. The number of rotatable bonds is 3. The lowest BCUT2D eigenvalue weighted by molar-refractivity contribution is 0.407. The summed E-state index contributed by atoms with van der Waals surface area (Å²) >= 11 is 4.19. The normalized spacial score (nSPS) is 24.6. The van der Waals surface area contributed by atoms with Crippen molar-refractivity contribution in [3.8, 4) is 0 Å². The lowest BCUT2D eigenvalue weighted by Crippen LogP contribution is -2.19. The van der Waals surface area contributed by atoms with Crippen LogP contribution >= 0.6 is 12.6 Å². The van der Waals surface area contributed by atoms with Gasteiger partial charge in [-0.25, -0.2) is 4.98 Å². The Morgan fingerprint density at radius 1 is 1.56 bits per heavy atom. The monoisotopic (exact) mass is 234 g/mol. The lowest BCUT2D eigenvalue weighted by atomic mass is 9.76. The van der Waals surface area contributed by atoms with Gasteiger partial charge in [0.1, 0.15) is 0 Å². The summed E-state index contributed by atoms with van der Waals surface area (Å²) in [6.07, 6.45) is 11.9. The number of thiol groups is 1. The zero-order chi connectivity index (χ0) is 11.6. The van der Waals surface area contributed by atoms with E-state index in [1.165, 1.54) is 5.57 Å². The van der Waals surface area contributed by atoms with E-state index >= 15 is 0 Å². The molecule has 2 nitrogen and oxygen atoms in total. The molecule has 3 heteroatoms. The highest BCUT2D eigenvalue weighted by Crippen LogP contribution is 2.35. The Balaban J connectivity index is 2.10. The van der Waals surface area contributed by atoms with Crippen LogP contribution in [0.5, 0.6) is 0 Å². The van der Waals surface area contributed by atoms with Crippen molar-refractivity contribution in [2.24, 2.45) is 5.41 Å². The molecule has 86 valence electrons. The molecular weight excluding hydrogens is 216 g/mol. The zero-order valence-electron chi connectivity index (χ0n) is 9.83. The van der Waals surface area contributed by atoms with Crippen molar-refractivity contribution in [1.29, 1.82) is 0 Å². The molecule has 1 atom stereocenters. The number of hydrogen-bond acceptors (Lipinski definition) is 2. The van der Waals surface area contributed by atoms with Gasteiger partial charge in [-0.15, -0.1) is 12.6 Å². The van der Waals surface area contributed by atoms with E-state index in [-0.39, 0.29) is 5.41 Å². The third-order valence-corrected chi connectivity index (χ3v) is 3.35. The average Bonchev–Trinajstić information content (AvgIpc) is 2.63. The number of nitrogens with zero attached hydrogens (tertiary/aromatic N) is 1. The second kappa shape index (κ2) is 4.50. The van der Waals surface area contributed by atoms with Gasteiger partial charge >= 0.3 is 0 Å². The van der Waals surface area contributed by atoms with Gasteiger partial charge in [-0.2, -0.15) is 0 Å². The highest BCUT2D eigenvalue weighted by Gasteiger charge is 2.25. The van der Waals surface area contributed by atoms with Gasteiger partial charge in [0.25, 0.3) is 0 Å². The highest BCUT2D eigenvalue weighted by atomic mass is 32.1. The van der Waals surface area contributed by atoms with Gasteiger partial charge in [-0.1, -0.05) is 37.6 Å². The van der Waals surface area contributed by atoms with E-state index < -0.39 is 0 Å². The Kier molecular flexibility index (Phi) is 3.24. The van der Waals surface area contributed by atoms with Gasteiger partial charge in [0, 0.05) is 12.6 Å². The summed E-state index contributed by atoms with van der Waals surface area (Å²) in [5.41, 5.74) is 2.82. The molecule has 0 radical (unpaired) electrons. The third kappa shape index (κ3) is 2.59. The Morgan fingerprint density at radius 3 is 3.00 bits per heavy atom. The van der Waals surface area contributed by atoms with Crippen LogP contribution in [0.1, 0.15) is 32.4 Å². The van der Waals surface area contributed by atoms with Crippen LogP contribution in [-0.4, -0.2) is 9.97 Å². The van der Waals surface area contributed by atoms with Crippen molar-refractivity contribution >= 4 is 12.6 Å². The molecule has 1 aliphatic carbocycles. The first-order valence-electron chi connectivity index (χ1n) is 5.72. The highest BCUT2D eigenvalue weighted by molar-refractivity contribution is 7.80. The van der Waals surface area contributed by atoms with Gasteiger partial charge < -0.3 is 4.98 Å². The molecule has 0 saturated carbocycles. The minimum atomic E-state index is 0.204. The molecule has 0 spiro atoms. The Morgan fingerprint density at radius 2 is 2.38 bits per heavy atom. The molecule has 1 aliphatic rings. The molecule has 0 fully saturated rings. The maximum absolute atomic E-state index is 4.36. The minimum absolute atomic E-state index is 0.204. The zero-order valence-corrected chi connectivity index (χ0v) is 10.7. The number of hydrogen-bond donors (Lipinski definition) is 2.